The molecule has 0 aliphatic rings. The molecule has 0 rings (SSSR count). The van der Waals surface area contributed by atoms with E-state index < -0.39 is 5.97 Å². The molecule has 0 saturated carbocycles. The summed E-state index contributed by atoms with van der Waals surface area (Å²) in [7, 11) is 0.709. The molecule has 0 atom stereocenters. The third kappa shape index (κ3) is 3.74. The van der Waals surface area contributed by atoms with Crippen molar-refractivity contribution in [3.63, 3.8) is 0 Å². The van der Waals surface area contributed by atoms with Gasteiger partial charge in [0, 0.05) is 12.2 Å². The number of aliphatic carboxylic acids is 1. The van der Waals surface area contributed by atoms with Crippen LogP contribution in [0.5, 0.6) is 0 Å². The van der Waals surface area contributed by atoms with Crippen LogP contribution in [0.1, 0.15) is 27.2 Å². The molecule has 13 heavy (non-hydrogen) atoms. The fourth-order valence-corrected chi connectivity index (χ4v) is 1.50. The number of hydrogen-bond donors (Lipinski definition) is 1. The van der Waals surface area contributed by atoms with E-state index in [-0.39, 0.29) is 5.41 Å². The Hall–Kier alpha value is -0.613. The molecular weight excluding hydrogens is 184 g/mol. The van der Waals surface area contributed by atoms with Crippen LogP contribution in [0, 0.1) is 5.41 Å². The summed E-state index contributed by atoms with van der Waals surface area (Å²) in [4.78, 5) is 10.8. The average molecular weight is 202 g/mol. The molecule has 0 radical (unpaired) electrons. The molecular formula is C9H18O3Si. The predicted octanol–water partition coefficient (Wildman–Crippen LogP) is 0.731. The minimum Gasteiger partial charge on any atom is -0.478 e. The van der Waals surface area contributed by atoms with Crippen molar-refractivity contribution in [3.05, 3.63) is 11.6 Å². The van der Waals surface area contributed by atoms with Crippen LogP contribution in [0.25, 0.3) is 0 Å². The molecule has 0 aliphatic carbocycles. The molecule has 0 aliphatic heterocycles. The highest BCUT2D eigenvalue weighted by Crippen LogP contribution is 2.30. The first kappa shape index (κ1) is 12.4. The molecule has 0 heterocycles. The first-order chi connectivity index (χ1) is 5.95. The quantitative estimate of drug-likeness (QED) is 0.528. The van der Waals surface area contributed by atoms with E-state index in [1.54, 1.807) is 13.0 Å². The fourth-order valence-electron chi connectivity index (χ4n) is 1.30. The van der Waals surface area contributed by atoms with Gasteiger partial charge in [-0.3, -0.25) is 0 Å². The van der Waals surface area contributed by atoms with Gasteiger partial charge in [-0.1, -0.05) is 19.9 Å². The van der Waals surface area contributed by atoms with Crippen molar-refractivity contribution in [2.24, 2.45) is 5.41 Å². The monoisotopic (exact) mass is 202 g/mol. The first-order valence-electron chi connectivity index (χ1n) is 4.34. The third-order valence-corrected chi connectivity index (χ3v) is 2.59. The maximum atomic E-state index is 10.8. The van der Waals surface area contributed by atoms with Gasteiger partial charge >= 0.3 is 5.97 Å². The lowest BCUT2D eigenvalue weighted by atomic mass is 9.81. The normalized spacial score (nSPS) is 13.3. The van der Waals surface area contributed by atoms with Gasteiger partial charge in [0.1, 0.15) is 10.5 Å². The SMILES string of the molecule is CC=C(C(=O)O)C(C)(C)CCO[SiH3]. The van der Waals surface area contributed by atoms with Crippen LogP contribution in [-0.2, 0) is 9.22 Å². The van der Waals surface area contributed by atoms with E-state index in [9.17, 15) is 4.79 Å². The summed E-state index contributed by atoms with van der Waals surface area (Å²) < 4.78 is 5.07. The van der Waals surface area contributed by atoms with Crippen molar-refractivity contribution in [1.29, 1.82) is 0 Å². The highest BCUT2D eigenvalue weighted by Gasteiger charge is 2.27. The Kier molecular flexibility index (Phi) is 4.94. The number of allylic oxidation sites excluding steroid dienone is 1. The van der Waals surface area contributed by atoms with Crippen molar-refractivity contribution in [3.8, 4) is 0 Å². The zero-order chi connectivity index (χ0) is 10.5. The van der Waals surface area contributed by atoms with Gasteiger partial charge in [0.25, 0.3) is 0 Å². The van der Waals surface area contributed by atoms with Crippen LogP contribution in [-0.4, -0.2) is 28.2 Å². The maximum Gasteiger partial charge on any atom is 0.331 e. The van der Waals surface area contributed by atoms with E-state index in [4.69, 9.17) is 9.53 Å². The Labute approximate surface area is 82.3 Å². The molecule has 0 saturated heterocycles. The van der Waals surface area contributed by atoms with Gasteiger partial charge < -0.3 is 9.53 Å². The van der Waals surface area contributed by atoms with E-state index in [2.05, 4.69) is 0 Å². The van der Waals surface area contributed by atoms with Crippen LogP contribution in [0.3, 0.4) is 0 Å². The van der Waals surface area contributed by atoms with Gasteiger partial charge in [-0.05, 0) is 18.8 Å². The van der Waals surface area contributed by atoms with Crippen LogP contribution in [0.2, 0.25) is 0 Å². The molecule has 0 aromatic carbocycles. The highest BCUT2D eigenvalue weighted by atomic mass is 28.2. The Balaban J connectivity index is 4.49. The highest BCUT2D eigenvalue weighted by molar-refractivity contribution is 5.97. The maximum absolute atomic E-state index is 10.8. The second kappa shape index (κ2) is 5.19. The van der Waals surface area contributed by atoms with Crippen LogP contribution in [0.15, 0.2) is 11.6 Å². The van der Waals surface area contributed by atoms with Gasteiger partial charge in [-0.15, -0.1) is 0 Å². The van der Waals surface area contributed by atoms with Gasteiger partial charge in [-0.25, -0.2) is 4.79 Å². The molecule has 0 unspecified atom stereocenters. The largest absolute Gasteiger partial charge is 0.478 e. The minimum absolute atomic E-state index is 0.301. The topological polar surface area (TPSA) is 46.5 Å². The van der Waals surface area contributed by atoms with Crippen molar-refractivity contribution in [2.75, 3.05) is 6.61 Å². The lowest BCUT2D eigenvalue weighted by Crippen LogP contribution is -2.22. The summed E-state index contributed by atoms with van der Waals surface area (Å²) in [5, 5.41) is 8.91. The molecule has 76 valence electrons. The van der Waals surface area contributed by atoms with Gasteiger partial charge in [0.15, 0.2) is 0 Å². The lowest BCUT2D eigenvalue weighted by molar-refractivity contribution is -0.133. The number of hydrogen-bond acceptors (Lipinski definition) is 2. The number of rotatable bonds is 5. The average Bonchev–Trinajstić information content (AvgIpc) is 2.01. The summed E-state index contributed by atoms with van der Waals surface area (Å²) in [6, 6.07) is 0. The van der Waals surface area contributed by atoms with Crippen molar-refractivity contribution in [1.82, 2.24) is 0 Å². The molecule has 1 N–H and O–H groups in total. The lowest BCUT2D eigenvalue weighted by Gasteiger charge is -2.24. The van der Waals surface area contributed by atoms with Gasteiger partial charge in [0.2, 0.25) is 0 Å². The van der Waals surface area contributed by atoms with Crippen molar-refractivity contribution in [2.45, 2.75) is 27.2 Å². The molecule has 4 heteroatoms. The predicted molar refractivity (Wildman–Crippen MR) is 55.7 cm³/mol. The van der Waals surface area contributed by atoms with Gasteiger partial charge in [-0.2, -0.15) is 0 Å². The van der Waals surface area contributed by atoms with E-state index in [1.165, 1.54) is 0 Å². The van der Waals surface area contributed by atoms with Gasteiger partial charge in [0.05, 0.1) is 0 Å². The Morgan fingerprint density at radius 1 is 1.62 bits per heavy atom. The molecule has 0 spiro atoms. The van der Waals surface area contributed by atoms with E-state index in [0.29, 0.717) is 22.7 Å². The fraction of sp³-hybridized carbons (Fsp3) is 0.667. The van der Waals surface area contributed by atoms with E-state index in [1.807, 2.05) is 13.8 Å². The molecule has 0 bridgehead atoms. The third-order valence-electron chi connectivity index (χ3n) is 2.18. The van der Waals surface area contributed by atoms with Crippen LogP contribution >= 0.6 is 0 Å². The molecule has 0 amide bonds. The van der Waals surface area contributed by atoms with Crippen molar-refractivity contribution >= 4 is 16.5 Å². The second-order valence-corrected chi connectivity index (χ2v) is 4.21. The molecule has 3 nitrogen and oxygen atoms in total. The number of carboxylic acids is 1. The standard InChI is InChI=1S/C9H18O3Si/c1-4-7(8(10)11)9(2,3)5-6-12-13/h4H,5-6H2,1-3,13H3,(H,10,11). The van der Waals surface area contributed by atoms with E-state index in [0.717, 1.165) is 6.42 Å². The zero-order valence-electron chi connectivity index (χ0n) is 8.76. The Morgan fingerprint density at radius 2 is 2.15 bits per heavy atom. The Bertz CT molecular complexity index is 209. The molecule has 0 aromatic heterocycles. The second-order valence-electron chi connectivity index (χ2n) is 3.63. The smallest absolute Gasteiger partial charge is 0.331 e. The summed E-state index contributed by atoms with van der Waals surface area (Å²) in [6.07, 6.45) is 2.41. The van der Waals surface area contributed by atoms with Crippen molar-refractivity contribution < 1.29 is 14.3 Å². The summed E-state index contributed by atoms with van der Waals surface area (Å²) in [6.45, 7) is 6.25. The van der Waals surface area contributed by atoms with Crippen LogP contribution in [0.4, 0.5) is 0 Å². The minimum atomic E-state index is -0.833. The summed E-state index contributed by atoms with van der Waals surface area (Å²) in [5.41, 5.74) is 0.163. The molecule has 0 aromatic rings. The zero-order valence-corrected chi connectivity index (χ0v) is 10.8. The van der Waals surface area contributed by atoms with E-state index >= 15 is 0 Å². The summed E-state index contributed by atoms with van der Waals surface area (Å²) >= 11 is 0. The number of carboxylic acid groups (broad SMARTS) is 1. The summed E-state index contributed by atoms with van der Waals surface area (Å²) in [5.74, 6) is -0.833. The molecule has 0 fully saturated rings. The Morgan fingerprint density at radius 3 is 2.46 bits per heavy atom. The number of carbonyl (C=O) groups is 1. The van der Waals surface area contributed by atoms with Crippen LogP contribution < -0.4 is 0 Å². The first-order valence-corrected chi connectivity index (χ1v) is 5.16.